The summed E-state index contributed by atoms with van der Waals surface area (Å²) in [4.78, 5) is 5.43. The van der Waals surface area contributed by atoms with E-state index in [0.717, 1.165) is 5.56 Å². The molecule has 0 bridgehead atoms. The van der Waals surface area contributed by atoms with Gasteiger partial charge in [-0.05, 0) is 42.0 Å². The van der Waals surface area contributed by atoms with E-state index >= 15 is 0 Å². The number of hydrogen-bond acceptors (Lipinski definition) is 3. The lowest BCUT2D eigenvalue weighted by molar-refractivity contribution is -0.0425. The van der Waals surface area contributed by atoms with Gasteiger partial charge in [0.2, 0.25) is 0 Å². The highest BCUT2D eigenvalue weighted by molar-refractivity contribution is 7.99. The zero-order valence-corrected chi connectivity index (χ0v) is 19.6. The molecule has 1 aromatic heterocycles. The van der Waals surface area contributed by atoms with Crippen molar-refractivity contribution in [2.45, 2.75) is 89.6 Å². The zero-order valence-electron chi connectivity index (χ0n) is 18.8. The molecule has 1 N–H and O–H groups in total. The van der Waals surface area contributed by atoms with Gasteiger partial charge in [-0.15, -0.1) is 11.8 Å². The van der Waals surface area contributed by atoms with Crippen molar-refractivity contribution in [1.82, 2.24) is 4.98 Å². The van der Waals surface area contributed by atoms with Gasteiger partial charge in [0.15, 0.2) is 0 Å². The Morgan fingerprint density at radius 2 is 1.55 bits per heavy atom. The van der Waals surface area contributed by atoms with Crippen LogP contribution in [0.1, 0.15) is 83.8 Å². The molecule has 1 unspecified atom stereocenters. The molecule has 0 aliphatic rings. The summed E-state index contributed by atoms with van der Waals surface area (Å²) in [5.41, 5.74) is 1.10. The van der Waals surface area contributed by atoms with Crippen LogP contribution >= 0.6 is 11.8 Å². The van der Waals surface area contributed by atoms with Gasteiger partial charge in [0.25, 0.3) is 0 Å². The average molecular weight is 414 g/mol. The molecular weight excluding hydrogens is 374 g/mol. The molecule has 160 valence electrons. The van der Waals surface area contributed by atoms with Crippen molar-refractivity contribution in [2.75, 3.05) is 5.75 Å². The fraction of sp³-hybridized carbons (Fsp3) is 0.577. The van der Waals surface area contributed by atoms with Crippen molar-refractivity contribution < 1.29 is 5.11 Å². The molecule has 1 aromatic carbocycles. The van der Waals surface area contributed by atoms with Crippen molar-refractivity contribution in [3.63, 3.8) is 0 Å². The van der Waals surface area contributed by atoms with Gasteiger partial charge in [-0.3, -0.25) is 4.98 Å². The normalized spacial score (nSPS) is 14.0. The Kier molecular flexibility index (Phi) is 9.71. The molecule has 0 aliphatic heterocycles. The van der Waals surface area contributed by atoms with Crippen molar-refractivity contribution in [2.24, 2.45) is 5.41 Å². The molecular formula is C26H39NOS. The quantitative estimate of drug-likeness (QED) is 0.291. The highest BCUT2D eigenvalue weighted by Gasteiger charge is 2.41. The lowest BCUT2D eigenvalue weighted by Gasteiger charge is -2.40. The van der Waals surface area contributed by atoms with Crippen LogP contribution < -0.4 is 0 Å². The number of thioether (sulfide) groups is 1. The summed E-state index contributed by atoms with van der Waals surface area (Å²) < 4.78 is 0. The second-order valence-electron chi connectivity index (χ2n) is 9.16. The highest BCUT2D eigenvalue weighted by Crippen LogP contribution is 2.42. The molecule has 0 amide bonds. The Hall–Kier alpha value is -1.32. The minimum atomic E-state index is -0.928. The maximum atomic E-state index is 11.5. The Morgan fingerprint density at radius 1 is 0.897 bits per heavy atom. The standard InChI is InChI=1S/C26H39NOS/c1-5-6-7-8-9-10-11-13-22-15-17-24(18-16-22)29-21-26(28,25(2,3)4)23-14-12-19-27-20-23/h12,14-20,28H,5-11,13,21H2,1-4H3. The molecule has 0 fully saturated rings. The van der Waals surface area contributed by atoms with Gasteiger partial charge in [-0.2, -0.15) is 0 Å². The van der Waals surface area contributed by atoms with Crippen LogP contribution in [0.5, 0.6) is 0 Å². The number of aromatic nitrogens is 1. The van der Waals surface area contributed by atoms with Gasteiger partial charge in [-0.25, -0.2) is 0 Å². The molecule has 0 radical (unpaired) electrons. The highest BCUT2D eigenvalue weighted by atomic mass is 32.2. The minimum Gasteiger partial charge on any atom is -0.384 e. The van der Waals surface area contributed by atoms with Crippen LogP contribution in [0.25, 0.3) is 0 Å². The number of hydrogen-bond donors (Lipinski definition) is 1. The van der Waals surface area contributed by atoms with Crippen molar-refractivity contribution in [3.05, 3.63) is 59.9 Å². The van der Waals surface area contributed by atoms with E-state index in [1.807, 2.05) is 12.1 Å². The summed E-state index contributed by atoms with van der Waals surface area (Å²) in [6, 6.07) is 12.8. The van der Waals surface area contributed by atoms with Crippen LogP contribution in [-0.2, 0) is 12.0 Å². The first-order valence-corrected chi connectivity index (χ1v) is 12.2. The zero-order chi connectivity index (χ0) is 21.2. The number of benzene rings is 1. The molecule has 1 heterocycles. The third kappa shape index (κ3) is 7.46. The summed E-state index contributed by atoms with van der Waals surface area (Å²) in [6.45, 7) is 8.54. The first-order chi connectivity index (χ1) is 13.9. The fourth-order valence-corrected chi connectivity index (χ4v) is 4.87. The largest absolute Gasteiger partial charge is 0.384 e. The molecule has 2 rings (SSSR count). The molecule has 0 saturated carbocycles. The first-order valence-electron chi connectivity index (χ1n) is 11.2. The van der Waals surface area contributed by atoms with Crippen LogP contribution in [0, 0.1) is 5.41 Å². The van der Waals surface area contributed by atoms with Gasteiger partial charge in [-0.1, -0.05) is 84.4 Å². The Labute approximate surface area is 182 Å². The molecule has 0 saturated heterocycles. The molecule has 2 nitrogen and oxygen atoms in total. The second kappa shape index (κ2) is 11.8. The van der Waals surface area contributed by atoms with E-state index in [0.29, 0.717) is 5.75 Å². The first kappa shape index (κ1) is 24.0. The van der Waals surface area contributed by atoms with E-state index in [2.05, 4.69) is 56.9 Å². The van der Waals surface area contributed by atoms with E-state index < -0.39 is 5.60 Å². The van der Waals surface area contributed by atoms with Crippen molar-refractivity contribution >= 4 is 11.8 Å². The Bertz CT molecular complexity index is 693. The topological polar surface area (TPSA) is 33.1 Å². The van der Waals surface area contributed by atoms with E-state index in [-0.39, 0.29) is 5.41 Å². The Balaban J connectivity index is 1.85. The number of aliphatic hydroxyl groups is 1. The summed E-state index contributed by atoms with van der Waals surface area (Å²) in [5, 5.41) is 11.5. The fourth-order valence-electron chi connectivity index (χ4n) is 3.57. The summed E-state index contributed by atoms with van der Waals surface area (Å²) in [6.07, 6.45) is 14.2. The van der Waals surface area contributed by atoms with Crippen molar-refractivity contribution in [1.29, 1.82) is 0 Å². The number of pyridine rings is 1. The minimum absolute atomic E-state index is 0.278. The van der Waals surface area contributed by atoms with Crippen LogP contribution in [0.2, 0.25) is 0 Å². The Morgan fingerprint density at radius 3 is 2.14 bits per heavy atom. The molecule has 29 heavy (non-hydrogen) atoms. The third-order valence-electron chi connectivity index (χ3n) is 5.82. The van der Waals surface area contributed by atoms with Crippen LogP contribution in [-0.4, -0.2) is 15.8 Å². The summed E-state index contributed by atoms with van der Waals surface area (Å²) >= 11 is 1.72. The molecule has 0 aliphatic carbocycles. The lowest BCUT2D eigenvalue weighted by Crippen LogP contribution is -2.42. The van der Waals surface area contributed by atoms with Crippen molar-refractivity contribution in [3.8, 4) is 0 Å². The predicted octanol–water partition coefficient (Wildman–Crippen LogP) is 7.40. The van der Waals surface area contributed by atoms with Crippen LogP contribution in [0.15, 0.2) is 53.7 Å². The lowest BCUT2D eigenvalue weighted by atomic mass is 9.74. The van der Waals surface area contributed by atoms with Gasteiger partial charge in [0, 0.05) is 28.6 Å². The number of rotatable bonds is 12. The third-order valence-corrected chi connectivity index (χ3v) is 6.99. The predicted molar refractivity (Wildman–Crippen MR) is 126 cm³/mol. The van der Waals surface area contributed by atoms with Gasteiger partial charge >= 0.3 is 0 Å². The van der Waals surface area contributed by atoms with E-state index in [9.17, 15) is 5.11 Å². The van der Waals surface area contributed by atoms with E-state index in [1.54, 1.807) is 24.2 Å². The maximum Gasteiger partial charge on any atom is 0.105 e. The SMILES string of the molecule is CCCCCCCCCc1ccc(SCC(O)(c2cccnc2)C(C)(C)C)cc1. The number of unbranched alkanes of at least 4 members (excludes halogenated alkanes) is 6. The maximum absolute atomic E-state index is 11.5. The number of nitrogens with zero attached hydrogens (tertiary/aromatic N) is 1. The van der Waals surface area contributed by atoms with E-state index in [4.69, 9.17) is 0 Å². The molecule has 3 heteroatoms. The van der Waals surface area contributed by atoms with Crippen LogP contribution in [0.3, 0.4) is 0 Å². The molecule has 1 atom stereocenters. The molecule has 0 spiro atoms. The number of aryl methyl sites for hydroxylation is 1. The summed E-state index contributed by atoms with van der Waals surface area (Å²) in [7, 11) is 0. The van der Waals surface area contributed by atoms with Gasteiger partial charge in [0.05, 0.1) is 0 Å². The van der Waals surface area contributed by atoms with E-state index in [1.165, 1.54) is 61.8 Å². The van der Waals surface area contributed by atoms with Crippen LogP contribution in [0.4, 0.5) is 0 Å². The van der Waals surface area contributed by atoms with Gasteiger partial charge in [0.1, 0.15) is 5.60 Å². The molecule has 2 aromatic rings. The monoisotopic (exact) mass is 413 g/mol. The van der Waals surface area contributed by atoms with Gasteiger partial charge < -0.3 is 5.11 Å². The average Bonchev–Trinajstić information content (AvgIpc) is 2.72. The smallest absolute Gasteiger partial charge is 0.105 e. The second-order valence-corrected chi connectivity index (χ2v) is 10.2. The summed E-state index contributed by atoms with van der Waals surface area (Å²) in [5.74, 6) is 0.610.